The van der Waals surface area contributed by atoms with Gasteiger partial charge in [-0.1, -0.05) is 11.6 Å². The molecule has 33 heavy (non-hydrogen) atoms. The van der Waals surface area contributed by atoms with Gasteiger partial charge in [0.15, 0.2) is 22.5 Å². The summed E-state index contributed by atoms with van der Waals surface area (Å²) in [5.74, 6) is 0.413. The molecule has 2 heterocycles. The number of amides is 2. The maximum Gasteiger partial charge on any atom is 0.277 e. The van der Waals surface area contributed by atoms with Crippen LogP contribution in [0.2, 0.25) is 5.15 Å². The Morgan fingerprint density at radius 1 is 1.30 bits per heavy atom. The average Bonchev–Trinajstić information content (AvgIpc) is 3.13. The van der Waals surface area contributed by atoms with Gasteiger partial charge in [-0.15, -0.1) is 0 Å². The lowest BCUT2D eigenvalue weighted by Gasteiger charge is -2.16. The zero-order valence-corrected chi connectivity index (χ0v) is 20.1. The normalized spacial score (nSPS) is 11.1. The highest BCUT2D eigenvalue weighted by Crippen LogP contribution is 2.19. The second-order valence-corrected chi connectivity index (χ2v) is 7.93. The van der Waals surface area contributed by atoms with Crippen LogP contribution in [0.25, 0.3) is 11.0 Å². The summed E-state index contributed by atoms with van der Waals surface area (Å²) in [5, 5.41) is 6.02. The van der Waals surface area contributed by atoms with Crippen LogP contribution >= 0.6 is 11.6 Å². The van der Waals surface area contributed by atoms with E-state index in [1.54, 1.807) is 11.9 Å². The number of carbonyl (C=O) groups excluding carboxylic acids is 2. The summed E-state index contributed by atoms with van der Waals surface area (Å²) in [5.41, 5.74) is 8.31. The van der Waals surface area contributed by atoms with Crippen molar-refractivity contribution in [3.63, 3.8) is 0 Å². The summed E-state index contributed by atoms with van der Waals surface area (Å²) < 4.78 is 4.21. The van der Waals surface area contributed by atoms with E-state index in [2.05, 4.69) is 29.7 Å². The van der Waals surface area contributed by atoms with E-state index < -0.39 is 5.91 Å². The molecule has 0 saturated heterocycles. The maximum atomic E-state index is 12.9. The van der Waals surface area contributed by atoms with E-state index in [-0.39, 0.29) is 29.1 Å². The first-order valence-corrected chi connectivity index (χ1v) is 11.2. The van der Waals surface area contributed by atoms with Crippen LogP contribution in [-0.4, -0.2) is 58.4 Å². The molecule has 3 rings (SSSR count). The molecule has 10 nitrogen and oxygen atoms in total. The van der Waals surface area contributed by atoms with Crippen LogP contribution in [0.1, 0.15) is 40.5 Å². The van der Waals surface area contributed by atoms with Gasteiger partial charge in [0.05, 0.1) is 19.3 Å². The number of nitrogens with zero attached hydrogens (tertiary/aromatic N) is 5. The molecule has 1 aromatic carbocycles. The fraction of sp³-hybridized carbons (Fsp3) is 0.409. The Kier molecular flexibility index (Phi) is 7.83. The fourth-order valence-electron chi connectivity index (χ4n) is 3.81. The molecule has 176 valence electrons. The molecule has 4 N–H and O–H groups in total. The Hall–Kier alpha value is -3.24. The maximum absolute atomic E-state index is 12.9. The molecule has 11 heteroatoms. The third kappa shape index (κ3) is 5.07. The lowest BCUT2D eigenvalue weighted by Crippen LogP contribution is -2.40. The number of fused-ring (bicyclic) bond motifs is 1. The van der Waals surface area contributed by atoms with Gasteiger partial charge in [-0.2, -0.15) is 0 Å². The second kappa shape index (κ2) is 10.6. The molecular formula is C22H30ClN8O2+. The van der Waals surface area contributed by atoms with Gasteiger partial charge >= 0.3 is 0 Å². The molecule has 0 aliphatic rings. The van der Waals surface area contributed by atoms with Gasteiger partial charge in [0.2, 0.25) is 0 Å². The molecule has 0 bridgehead atoms. The van der Waals surface area contributed by atoms with Crippen LogP contribution in [0.4, 0.5) is 5.82 Å². The Balaban J connectivity index is 1.94. The SMILES string of the molecule is CCn1c(CNC(=O)c2nc(Cl)cnc2N)[n+](CC)c2ccc(C(=O)N(C)CCNC)cc21. The predicted molar refractivity (Wildman–Crippen MR) is 127 cm³/mol. The van der Waals surface area contributed by atoms with E-state index in [0.717, 1.165) is 23.4 Å². The van der Waals surface area contributed by atoms with Crippen molar-refractivity contribution >= 4 is 40.3 Å². The van der Waals surface area contributed by atoms with Crippen LogP contribution in [0.3, 0.4) is 0 Å². The van der Waals surface area contributed by atoms with E-state index in [9.17, 15) is 9.59 Å². The van der Waals surface area contributed by atoms with Crippen molar-refractivity contribution < 1.29 is 14.2 Å². The summed E-state index contributed by atoms with van der Waals surface area (Å²) in [6.07, 6.45) is 1.29. The van der Waals surface area contributed by atoms with Crippen LogP contribution in [0.15, 0.2) is 24.4 Å². The average molecular weight is 474 g/mol. The minimum atomic E-state index is -0.458. The first-order valence-electron chi connectivity index (χ1n) is 10.8. The third-order valence-corrected chi connectivity index (χ3v) is 5.68. The number of hydrogen-bond acceptors (Lipinski definition) is 6. The van der Waals surface area contributed by atoms with Gasteiger partial charge < -0.3 is 21.3 Å². The molecule has 0 fully saturated rings. The number of halogens is 1. The lowest BCUT2D eigenvalue weighted by atomic mass is 10.1. The summed E-state index contributed by atoms with van der Waals surface area (Å²) >= 11 is 5.87. The highest BCUT2D eigenvalue weighted by Gasteiger charge is 2.26. The van der Waals surface area contributed by atoms with Gasteiger partial charge in [-0.05, 0) is 33.0 Å². The van der Waals surface area contributed by atoms with Crippen LogP contribution in [0.5, 0.6) is 0 Å². The smallest absolute Gasteiger partial charge is 0.277 e. The van der Waals surface area contributed by atoms with Crippen molar-refractivity contribution in [2.24, 2.45) is 0 Å². The van der Waals surface area contributed by atoms with Crippen LogP contribution in [0, 0.1) is 0 Å². The first kappa shape index (κ1) is 24.4. The molecule has 3 aromatic rings. The molecule has 2 amide bonds. The van der Waals surface area contributed by atoms with E-state index in [4.69, 9.17) is 17.3 Å². The van der Waals surface area contributed by atoms with Gasteiger partial charge in [0.1, 0.15) is 11.7 Å². The molecule has 0 radical (unpaired) electrons. The summed E-state index contributed by atoms with van der Waals surface area (Å²) in [6, 6.07) is 5.71. The van der Waals surface area contributed by atoms with E-state index in [1.165, 1.54) is 6.20 Å². The largest absolute Gasteiger partial charge is 0.382 e. The van der Waals surface area contributed by atoms with Crippen LogP contribution < -0.4 is 20.9 Å². The zero-order chi connectivity index (χ0) is 24.1. The van der Waals surface area contributed by atoms with Crippen molar-refractivity contribution in [1.82, 2.24) is 30.1 Å². The van der Waals surface area contributed by atoms with Gasteiger partial charge in [-0.3, -0.25) is 9.59 Å². The topological polar surface area (TPSA) is 122 Å². The number of carbonyl (C=O) groups is 2. The van der Waals surface area contributed by atoms with Crippen molar-refractivity contribution in [3.05, 3.63) is 46.6 Å². The number of nitrogens with two attached hydrogens (primary N) is 1. The lowest BCUT2D eigenvalue weighted by molar-refractivity contribution is -0.676. The molecule has 0 unspecified atom stereocenters. The summed E-state index contributed by atoms with van der Waals surface area (Å²) in [7, 11) is 3.65. The number of benzene rings is 1. The number of imidazole rings is 1. The number of nitrogen functional groups attached to an aromatic ring is 1. The Morgan fingerprint density at radius 3 is 2.73 bits per heavy atom. The highest BCUT2D eigenvalue weighted by molar-refractivity contribution is 6.29. The molecule has 0 atom stereocenters. The van der Waals surface area contributed by atoms with Gasteiger partial charge in [0, 0.05) is 31.8 Å². The first-order chi connectivity index (χ1) is 15.8. The standard InChI is InChI=1S/C22H29ClN8O2/c1-5-30-15-8-7-14(22(33)29(4)10-9-25-3)11-16(15)31(6-2)18(30)13-27-21(32)19-20(24)26-12-17(23)28-19/h7-8,11-12,25H,5-6,9-10,13H2,1-4H3,(H2-,24,26,27,32)/p+1. The predicted octanol–water partition coefficient (Wildman–Crippen LogP) is 1.22. The van der Waals surface area contributed by atoms with E-state index in [1.807, 2.05) is 39.1 Å². The minimum absolute atomic E-state index is 0.0119. The minimum Gasteiger partial charge on any atom is -0.382 e. The number of anilines is 1. The number of hydrogen-bond donors (Lipinski definition) is 3. The quantitative estimate of drug-likeness (QED) is 0.401. The number of rotatable bonds is 9. The van der Waals surface area contributed by atoms with Gasteiger partial charge in [0.25, 0.3) is 17.6 Å². The number of aromatic nitrogens is 4. The van der Waals surface area contributed by atoms with Gasteiger partial charge in [-0.25, -0.2) is 19.1 Å². The Labute approximate surface area is 197 Å². The highest BCUT2D eigenvalue weighted by atomic mass is 35.5. The Morgan fingerprint density at radius 2 is 2.06 bits per heavy atom. The molecule has 0 aliphatic heterocycles. The van der Waals surface area contributed by atoms with Crippen molar-refractivity contribution in [1.29, 1.82) is 0 Å². The van der Waals surface area contributed by atoms with E-state index in [0.29, 0.717) is 25.2 Å². The molecule has 0 aliphatic carbocycles. The molecular weight excluding hydrogens is 444 g/mol. The summed E-state index contributed by atoms with van der Waals surface area (Å²) in [4.78, 5) is 35.1. The van der Waals surface area contributed by atoms with Crippen molar-refractivity contribution in [2.45, 2.75) is 33.5 Å². The molecule has 2 aromatic heterocycles. The fourth-order valence-corrected chi connectivity index (χ4v) is 3.94. The monoisotopic (exact) mass is 473 g/mol. The van der Waals surface area contributed by atoms with Crippen molar-refractivity contribution in [3.8, 4) is 0 Å². The van der Waals surface area contributed by atoms with Crippen molar-refractivity contribution in [2.75, 3.05) is 32.9 Å². The number of aryl methyl sites for hydroxylation is 2. The molecule has 0 saturated carbocycles. The molecule has 0 spiro atoms. The van der Waals surface area contributed by atoms with Crippen LogP contribution in [-0.2, 0) is 19.6 Å². The summed E-state index contributed by atoms with van der Waals surface area (Å²) in [6.45, 7) is 7.01. The third-order valence-electron chi connectivity index (χ3n) is 5.50. The Bertz CT molecular complexity index is 1180. The number of likely N-dealkylation sites (N-methyl/N-ethyl adjacent to an activating group) is 2. The number of nitrogens with one attached hydrogen (secondary N) is 2. The zero-order valence-electron chi connectivity index (χ0n) is 19.4. The van der Waals surface area contributed by atoms with E-state index >= 15 is 0 Å². The second-order valence-electron chi connectivity index (χ2n) is 7.55.